The zero-order chi connectivity index (χ0) is 24.0. The summed E-state index contributed by atoms with van der Waals surface area (Å²) in [4.78, 5) is 38.2. The molecule has 1 aromatic carbocycles. The molecule has 9 heteroatoms. The zero-order valence-corrected chi connectivity index (χ0v) is 22.2. The van der Waals surface area contributed by atoms with Gasteiger partial charge in [-0.3, -0.25) is 4.79 Å². The number of carbonyl (C=O) groups excluding carboxylic acids is 3. The third-order valence-corrected chi connectivity index (χ3v) is 4.52. The smallest absolute Gasteiger partial charge is 0.408 e. The van der Waals surface area contributed by atoms with Gasteiger partial charge < -0.3 is 20.1 Å². The second-order valence-corrected chi connectivity index (χ2v) is 13.8. The fourth-order valence-electron chi connectivity index (χ4n) is 2.51. The Morgan fingerprint density at radius 1 is 0.968 bits per heavy atom. The number of benzene rings is 1. The molecule has 0 radical (unpaired) electrons. The van der Waals surface area contributed by atoms with Gasteiger partial charge in [0.25, 0.3) is 5.91 Å². The Kier molecular flexibility index (Phi) is 9.56. The van der Waals surface area contributed by atoms with Crippen molar-refractivity contribution in [1.82, 2.24) is 10.6 Å². The number of halogens is 2. The highest BCUT2D eigenvalue weighted by atomic mass is 79.9. The maximum atomic E-state index is 13.1. The molecule has 0 saturated carbocycles. The second-order valence-electron chi connectivity index (χ2n) is 9.40. The van der Waals surface area contributed by atoms with Crippen molar-refractivity contribution in [3.8, 4) is 0 Å². The zero-order valence-electron chi connectivity index (χ0n) is 19.0. The lowest BCUT2D eigenvalue weighted by atomic mass is 10.1. The molecule has 2 amide bonds. The number of esters is 1. The van der Waals surface area contributed by atoms with Gasteiger partial charge in [0.2, 0.25) is 6.10 Å². The van der Waals surface area contributed by atoms with E-state index in [0.717, 1.165) is 5.56 Å². The normalized spacial score (nSPS) is 14.2. The minimum atomic E-state index is -1.20. The summed E-state index contributed by atoms with van der Waals surface area (Å²) in [5.74, 6) is -1.23. The van der Waals surface area contributed by atoms with Gasteiger partial charge >= 0.3 is 12.1 Å². The molecular weight excluding hydrogens is 532 g/mol. The van der Waals surface area contributed by atoms with Crippen LogP contribution in [0.5, 0.6) is 0 Å². The number of nitrogens with one attached hydrogen (secondary N) is 2. The van der Waals surface area contributed by atoms with Crippen molar-refractivity contribution >= 4 is 49.8 Å². The number of alkyl halides is 2. The highest BCUT2D eigenvalue weighted by Gasteiger charge is 2.41. The predicted octanol–water partition coefficient (Wildman–Crippen LogP) is 4.45. The van der Waals surface area contributed by atoms with Crippen molar-refractivity contribution in [2.24, 2.45) is 0 Å². The molecule has 1 aromatic rings. The standard InChI is InChI=1S/C22H32Br2N2O5/c1-20(2,3)26-17(27)16(22(7,23)24)30-18(28)15(13-14-11-9-8-10-12-14)25-19(29)31-21(4,5)6/h8-12,15-16H,13H2,1-7H3,(H,25,29)(H,26,27)/t15-,16?/m0/s1. The van der Waals surface area contributed by atoms with E-state index in [1.54, 1.807) is 27.7 Å². The maximum absolute atomic E-state index is 13.1. The van der Waals surface area contributed by atoms with Crippen LogP contribution in [0.4, 0.5) is 4.79 Å². The van der Waals surface area contributed by atoms with Crippen molar-refractivity contribution in [3.63, 3.8) is 0 Å². The molecule has 7 nitrogen and oxygen atoms in total. The fourth-order valence-corrected chi connectivity index (χ4v) is 3.12. The first kappa shape index (κ1) is 27.4. The Morgan fingerprint density at radius 3 is 1.97 bits per heavy atom. The lowest BCUT2D eigenvalue weighted by molar-refractivity contribution is -0.158. The summed E-state index contributed by atoms with van der Waals surface area (Å²) in [5, 5.41) is 5.37. The molecule has 0 aliphatic rings. The van der Waals surface area contributed by atoms with Gasteiger partial charge in [0, 0.05) is 12.0 Å². The molecule has 1 unspecified atom stereocenters. The SMILES string of the molecule is CC(C)(C)NC(=O)C(OC(=O)[C@H](Cc1ccccc1)NC(=O)OC(C)(C)C)C(C)(Br)Br. The largest absolute Gasteiger partial charge is 0.448 e. The number of hydrogen-bond donors (Lipinski definition) is 2. The van der Waals surface area contributed by atoms with E-state index in [1.165, 1.54) is 0 Å². The first-order valence-corrected chi connectivity index (χ1v) is 11.5. The van der Waals surface area contributed by atoms with Crippen molar-refractivity contribution in [3.05, 3.63) is 35.9 Å². The first-order chi connectivity index (χ1) is 14.0. The van der Waals surface area contributed by atoms with E-state index >= 15 is 0 Å². The van der Waals surface area contributed by atoms with Crippen LogP contribution in [0.2, 0.25) is 0 Å². The minimum absolute atomic E-state index is 0.174. The molecule has 0 heterocycles. The van der Waals surface area contributed by atoms with Crippen LogP contribution in [-0.2, 0) is 25.5 Å². The molecule has 0 aliphatic heterocycles. The molecular formula is C22H32Br2N2O5. The molecule has 0 aliphatic carbocycles. The number of rotatable bonds is 7. The highest BCUT2D eigenvalue weighted by molar-refractivity contribution is 9.25. The topological polar surface area (TPSA) is 93.7 Å². The van der Waals surface area contributed by atoms with Crippen LogP contribution in [-0.4, -0.2) is 44.5 Å². The van der Waals surface area contributed by atoms with Crippen LogP contribution in [0.15, 0.2) is 30.3 Å². The molecule has 0 aromatic heterocycles. The van der Waals surface area contributed by atoms with Crippen molar-refractivity contribution in [2.45, 2.75) is 81.4 Å². The molecule has 0 fully saturated rings. The monoisotopic (exact) mass is 562 g/mol. The van der Waals surface area contributed by atoms with Crippen LogP contribution < -0.4 is 10.6 Å². The van der Waals surface area contributed by atoms with Crippen LogP contribution in [0.25, 0.3) is 0 Å². The van der Waals surface area contributed by atoms with Gasteiger partial charge in [-0.25, -0.2) is 9.59 Å². The molecule has 0 bridgehead atoms. The van der Waals surface area contributed by atoms with E-state index in [0.29, 0.717) is 0 Å². The van der Waals surface area contributed by atoms with Crippen LogP contribution in [0, 0.1) is 0 Å². The quantitative estimate of drug-likeness (QED) is 0.377. The third kappa shape index (κ3) is 11.0. The average molecular weight is 564 g/mol. The van der Waals surface area contributed by atoms with E-state index in [9.17, 15) is 14.4 Å². The lowest BCUT2D eigenvalue weighted by Crippen LogP contribution is -2.54. The molecule has 174 valence electrons. The Hall–Kier alpha value is -1.61. The molecule has 2 N–H and O–H groups in total. The van der Waals surface area contributed by atoms with Gasteiger partial charge in [0.1, 0.15) is 14.9 Å². The Morgan fingerprint density at radius 2 is 1.52 bits per heavy atom. The van der Waals surface area contributed by atoms with Gasteiger partial charge in [0.15, 0.2) is 0 Å². The molecule has 2 atom stereocenters. The molecule has 1 rings (SSSR count). The Labute approximate surface area is 201 Å². The predicted molar refractivity (Wildman–Crippen MR) is 127 cm³/mol. The van der Waals surface area contributed by atoms with Gasteiger partial charge in [-0.15, -0.1) is 0 Å². The summed E-state index contributed by atoms with van der Waals surface area (Å²) >= 11 is 6.71. The Bertz CT molecular complexity index is 765. The van der Waals surface area contributed by atoms with E-state index in [-0.39, 0.29) is 6.42 Å². The summed E-state index contributed by atoms with van der Waals surface area (Å²) in [7, 11) is 0. The van der Waals surface area contributed by atoms with Crippen LogP contribution >= 0.6 is 31.9 Å². The third-order valence-electron chi connectivity index (χ3n) is 3.69. The molecule has 31 heavy (non-hydrogen) atoms. The highest BCUT2D eigenvalue weighted by Crippen LogP contribution is 2.32. The van der Waals surface area contributed by atoms with Crippen molar-refractivity contribution in [1.29, 1.82) is 0 Å². The van der Waals surface area contributed by atoms with E-state index in [4.69, 9.17) is 9.47 Å². The van der Waals surface area contributed by atoms with Crippen molar-refractivity contribution < 1.29 is 23.9 Å². The molecule has 0 saturated heterocycles. The summed E-state index contributed by atoms with van der Waals surface area (Å²) < 4.78 is 9.84. The summed E-state index contributed by atoms with van der Waals surface area (Å²) in [6.45, 7) is 12.3. The first-order valence-electron chi connectivity index (χ1n) is 9.92. The number of hydrogen-bond acceptors (Lipinski definition) is 5. The number of alkyl carbamates (subject to hydrolysis) is 1. The van der Waals surface area contributed by atoms with E-state index in [1.807, 2.05) is 51.1 Å². The number of ether oxygens (including phenoxy) is 2. The van der Waals surface area contributed by atoms with Gasteiger partial charge in [0.05, 0.1) is 0 Å². The number of carbonyl (C=O) groups is 3. The lowest BCUT2D eigenvalue weighted by Gasteiger charge is -2.31. The van der Waals surface area contributed by atoms with Gasteiger partial charge in [-0.05, 0) is 54.0 Å². The van der Waals surface area contributed by atoms with E-state index in [2.05, 4.69) is 42.5 Å². The summed E-state index contributed by atoms with van der Waals surface area (Å²) in [6.07, 6.45) is -1.77. The average Bonchev–Trinajstić information content (AvgIpc) is 2.55. The summed E-state index contributed by atoms with van der Waals surface area (Å²) in [6, 6.07) is 8.13. The fraction of sp³-hybridized carbons (Fsp3) is 0.591. The van der Waals surface area contributed by atoms with E-state index < -0.39 is 44.5 Å². The minimum Gasteiger partial charge on any atom is -0.448 e. The van der Waals surface area contributed by atoms with Crippen molar-refractivity contribution in [2.75, 3.05) is 0 Å². The number of amides is 2. The van der Waals surface area contributed by atoms with Crippen LogP contribution in [0.3, 0.4) is 0 Å². The maximum Gasteiger partial charge on any atom is 0.408 e. The van der Waals surface area contributed by atoms with Gasteiger partial charge in [-0.1, -0.05) is 62.2 Å². The second kappa shape index (κ2) is 10.8. The molecule has 0 spiro atoms. The van der Waals surface area contributed by atoms with Crippen LogP contribution in [0.1, 0.15) is 54.0 Å². The summed E-state index contributed by atoms with van der Waals surface area (Å²) in [5.41, 5.74) is -0.438. The van der Waals surface area contributed by atoms with Gasteiger partial charge in [-0.2, -0.15) is 0 Å². The Balaban J connectivity index is 3.09.